The third-order valence-corrected chi connectivity index (χ3v) is 4.82. The summed E-state index contributed by atoms with van der Waals surface area (Å²) in [5.41, 5.74) is 1.14. The maximum Gasteiger partial charge on any atom is 0.0681 e. The SMILES string of the molecule is CNC(c1ccccc1Br)C1CC(C)(C)OC1(C)C. The van der Waals surface area contributed by atoms with Crippen molar-refractivity contribution >= 4 is 15.9 Å². The highest BCUT2D eigenvalue weighted by Gasteiger charge is 2.49. The van der Waals surface area contributed by atoms with Crippen LogP contribution >= 0.6 is 15.9 Å². The second-order valence-electron chi connectivity index (χ2n) is 6.56. The largest absolute Gasteiger partial charge is 0.369 e. The van der Waals surface area contributed by atoms with Gasteiger partial charge in [-0.25, -0.2) is 0 Å². The molecule has 2 unspecified atom stereocenters. The van der Waals surface area contributed by atoms with Gasteiger partial charge in [0.15, 0.2) is 0 Å². The molecule has 1 aliphatic rings. The molecule has 2 atom stereocenters. The van der Waals surface area contributed by atoms with E-state index in [9.17, 15) is 0 Å². The minimum Gasteiger partial charge on any atom is -0.369 e. The molecule has 1 heterocycles. The van der Waals surface area contributed by atoms with Crippen molar-refractivity contribution < 1.29 is 4.74 Å². The zero-order valence-electron chi connectivity index (χ0n) is 12.5. The minimum atomic E-state index is -0.119. The van der Waals surface area contributed by atoms with Crippen molar-refractivity contribution in [1.82, 2.24) is 5.32 Å². The molecule has 1 aromatic rings. The van der Waals surface area contributed by atoms with Crippen LogP contribution < -0.4 is 5.32 Å². The van der Waals surface area contributed by atoms with Gasteiger partial charge in [0.25, 0.3) is 0 Å². The molecular formula is C16H24BrNO. The highest BCUT2D eigenvalue weighted by Crippen LogP contribution is 2.48. The zero-order chi connectivity index (χ0) is 14.3. The van der Waals surface area contributed by atoms with E-state index >= 15 is 0 Å². The number of halogens is 1. The lowest BCUT2D eigenvalue weighted by molar-refractivity contribution is -0.0776. The summed E-state index contributed by atoms with van der Waals surface area (Å²) in [5.74, 6) is 0.450. The van der Waals surface area contributed by atoms with Crippen molar-refractivity contribution in [2.45, 2.75) is 51.4 Å². The molecule has 0 aliphatic carbocycles. The van der Waals surface area contributed by atoms with E-state index < -0.39 is 0 Å². The Morgan fingerprint density at radius 2 is 1.89 bits per heavy atom. The van der Waals surface area contributed by atoms with Gasteiger partial charge >= 0.3 is 0 Å². The Bertz CT molecular complexity index is 456. The van der Waals surface area contributed by atoms with Crippen LogP contribution in [-0.2, 0) is 4.74 Å². The van der Waals surface area contributed by atoms with Gasteiger partial charge in [0.2, 0.25) is 0 Å². The summed E-state index contributed by atoms with van der Waals surface area (Å²) >= 11 is 3.67. The maximum atomic E-state index is 6.24. The van der Waals surface area contributed by atoms with Gasteiger partial charge in [-0.1, -0.05) is 34.1 Å². The second kappa shape index (κ2) is 5.19. The molecule has 0 bridgehead atoms. The molecule has 0 radical (unpaired) electrons. The van der Waals surface area contributed by atoms with Gasteiger partial charge in [-0.3, -0.25) is 0 Å². The van der Waals surface area contributed by atoms with Crippen molar-refractivity contribution in [2.75, 3.05) is 7.05 Å². The van der Waals surface area contributed by atoms with E-state index in [1.807, 2.05) is 7.05 Å². The average Bonchev–Trinajstić information content (AvgIpc) is 2.51. The Labute approximate surface area is 125 Å². The minimum absolute atomic E-state index is 0.0511. The third kappa shape index (κ3) is 3.04. The average molecular weight is 326 g/mol. The summed E-state index contributed by atoms with van der Waals surface area (Å²) in [6.45, 7) is 8.77. The van der Waals surface area contributed by atoms with Gasteiger partial charge in [0, 0.05) is 16.4 Å². The summed E-state index contributed by atoms with van der Waals surface area (Å²) in [7, 11) is 2.03. The van der Waals surface area contributed by atoms with Crippen molar-refractivity contribution in [3.05, 3.63) is 34.3 Å². The van der Waals surface area contributed by atoms with E-state index in [0.29, 0.717) is 12.0 Å². The molecule has 0 aromatic heterocycles. The third-order valence-electron chi connectivity index (χ3n) is 4.10. The van der Waals surface area contributed by atoms with E-state index in [2.05, 4.69) is 73.2 Å². The number of nitrogens with one attached hydrogen (secondary N) is 1. The van der Waals surface area contributed by atoms with Crippen LogP contribution in [0.25, 0.3) is 0 Å². The summed E-state index contributed by atoms with van der Waals surface area (Å²) in [6, 6.07) is 8.74. The van der Waals surface area contributed by atoms with E-state index in [-0.39, 0.29) is 11.2 Å². The van der Waals surface area contributed by atoms with Crippen LogP contribution in [0.15, 0.2) is 28.7 Å². The molecule has 0 amide bonds. The fraction of sp³-hybridized carbons (Fsp3) is 0.625. The lowest BCUT2D eigenvalue weighted by Gasteiger charge is -2.33. The molecule has 0 saturated carbocycles. The summed E-state index contributed by atoms with van der Waals surface area (Å²) in [4.78, 5) is 0. The predicted molar refractivity (Wildman–Crippen MR) is 83.3 cm³/mol. The quantitative estimate of drug-likeness (QED) is 0.894. The van der Waals surface area contributed by atoms with Crippen LogP contribution in [0.1, 0.15) is 45.7 Å². The molecule has 0 spiro atoms. The first-order valence-electron chi connectivity index (χ1n) is 6.89. The van der Waals surface area contributed by atoms with Gasteiger partial charge < -0.3 is 10.1 Å². The molecule has 1 aromatic carbocycles. The molecule has 2 rings (SSSR count). The summed E-state index contributed by atoms with van der Waals surface area (Å²) in [5, 5.41) is 3.48. The Kier molecular flexibility index (Phi) is 4.10. The van der Waals surface area contributed by atoms with Gasteiger partial charge in [0.1, 0.15) is 0 Å². The van der Waals surface area contributed by atoms with Gasteiger partial charge in [-0.2, -0.15) is 0 Å². The van der Waals surface area contributed by atoms with Crippen LogP contribution in [0.2, 0.25) is 0 Å². The fourth-order valence-electron chi connectivity index (χ4n) is 3.42. The van der Waals surface area contributed by atoms with Crippen LogP contribution in [0.5, 0.6) is 0 Å². The molecular weight excluding hydrogens is 302 g/mol. The zero-order valence-corrected chi connectivity index (χ0v) is 14.0. The molecule has 106 valence electrons. The van der Waals surface area contributed by atoms with Crippen molar-refractivity contribution in [3.8, 4) is 0 Å². The van der Waals surface area contributed by atoms with E-state index in [0.717, 1.165) is 10.9 Å². The lowest BCUT2D eigenvalue weighted by Crippen LogP contribution is -2.37. The normalized spacial score (nSPS) is 26.3. The monoisotopic (exact) mass is 325 g/mol. The van der Waals surface area contributed by atoms with Crippen LogP contribution in [0.4, 0.5) is 0 Å². The van der Waals surface area contributed by atoms with E-state index in [1.54, 1.807) is 0 Å². The van der Waals surface area contributed by atoms with Crippen LogP contribution in [-0.4, -0.2) is 18.2 Å². The summed E-state index contributed by atoms with van der Waals surface area (Å²) in [6.07, 6.45) is 1.06. The Morgan fingerprint density at radius 1 is 1.26 bits per heavy atom. The molecule has 1 aliphatic heterocycles. The van der Waals surface area contributed by atoms with Crippen molar-refractivity contribution in [2.24, 2.45) is 5.92 Å². The van der Waals surface area contributed by atoms with Gasteiger partial charge in [0.05, 0.1) is 11.2 Å². The van der Waals surface area contributed by atoms with E-state index in [4.69, 9.17) is 4.74 Å². The predicted octanol–water partition coefficient (Wildman–Crippen LogP) is 4.30. The number of rotatable bonds is 3. The summed E-state index contributed by atoms with van der Waals surface area (Å²) < 4.78 is 7.40. The van der Waals surface area contributed by atoms with Crippen molar-refractivity contribution in [1.29, 1.82) is 0 Å². The number of hydrogen-bond acceptors (Lipinski definition) is 2. The first-order chi connectivity index (χ1) is 8.77. The van der Waals surface area contributed by atoms with Gasteiger partial charge in [-0.05, 0) is 52.8 Å². The molecule has 1 N–H and O–H groups in total. The standard InChI is InChI=1S/C16H24BrNO/c1-15(2)10-12(16(3,4)19-15)14(18-5)11-8-6-7-9-13(11)17/h6-9,12,14,18H,10H2,1-5H3. The van der Waals surface area contributed by atoms with Gasteiger partial charge in [-0.15, -0.1) is 0 Å². The first-order valence-corrected chi connectivity index (χ1v) is 7.68. The van der Waals surface area contributed by atoms with Crippen LogP contribution in [0.3, 0.4) is 0 Å². The Morgan fingerprint density at radius 3 is 2.37 bits per heavy atom. The molecule has 3 heteroatoms. The first kappa shape index (κ1) is 15.0. The topological polar surface area (TPSA) is 21.3 Å². The molecule has 2 nitrogen and oxygen atoms in total. The highest BCUT2D eigenvalue weighted by atomic mass is 79.9. The second-order valence-corrected chi connectivity index (χ2v) is 7.42. The Hall–Kier alpha value is -0.380. The molecule has 1 fully saturated rings. The number of ether oxygens (including phenoxy) is 1. The highest BCUT2D eigenvalue weighted by molar-refractivity contribution is 9.10. The fourth-order valence-corrected chi connectivity index (χ4v) is 3.96. The Balaban J connectivity index is 2.36. The van der Waals surface area contributed by atoms with Crippen molar-refractivity contribution in [3.63, 3.8) is 0 Å². The smallest absolute Gasteiger partial charge is 0.0681 e. The van der Waals surface area contributed by atoms with E-state index in [1.165, 1.54) is 5.56 Å². The number of benzene rings is 1. The van der Waals surface area contributed by atoms with Crippen LogP contribution in [0, 0.1) is 5.92 Å². The number of hydrogen-bond donors (Lipinski definition) is 1. The lowest BCUT2D eigenvalue weighted by atomic mass is 9.79. The molecule has 19 heavy (non-hydrogen) atoms. The maximum absolute atomic E-state index is 6.24. The molecule has 1 saturated heterocycles.